The first-order valence-electron chi connectivity index (χ1n) is 5.20. The number of aryl methyl sites for hydroxylation is 2. The lowest BCUT2D eigenvalue weighted by Crippen LogP contribution is -2.02. The molecule has 1 unspecified atom stereocenters. The molecule has 0 aliphatic rings. The monoisotopic (exact) mass is 221 g/mol. The highest BCUT2D eigenvalue weighted by Crippen LogP contribution is 2.11. The van der Waals surface area contributed by atoms with Crippen molar-refractivity contribution >= 4 is 0 Å². The molecule has 86 valence electrons. The molecule has 0 saturated carbocycles. The maximum atomic E-state index is 9.34. The average molecular weight is 221 g/mol. The molecule has 5 heteroatoms. The fraction of sp³-hybridized carbons (Fsp3) is 0.455. The predicted octanol–water partition coefficient (Wildman–Crippen LogP) is 1.59. The Morgan fingerprint density at radius 2 is 2.25 bits per heavy atom. The summed E-state index contributed by atoms with van der Waals surface area (Å²) < 4.78 is 7.15. The lowest BCUT2D eigenvalue weighted by atomic mass is 10.3. The quantitative estimate of drug-likeness (QED) is 0.854. The van der Waals surface area contributed by atoms with Crippen LogP contribution in [0.2, 0.25) is 0 Å². The SMILES string of the molecule is Cc1nc(Cn2ccc(C(C)O)n2)oc1C. The Hall–Kier alpha value is -1.62. The normalized spacial score (nSPS) is 13.0. The Balaban J connectivity index is 2.14. The van der Waals surface area contributed by atoms with E-state index in [4.69, 9.17) is 4.42 Å². The molecule has 2 aromatic rings. The molecule has 1 atom stereocenters. The van der Waals surface area contributed by atoms with Crippen LogP contribution in [0.1, 0.15) is 36.1 Å². The van der Waals surface area contributed by atoms with Gasteiger partial charge < -0.3 is 9.52 Å². The number of hydrogen-bond donors (Lipinski definition) is 1. The number of aromatic nitrogens is 3. The smallest absolute Gasteiger partial charge is 0.216 e. The Kier molecular flexibility index (Phi) is 2.78. The fourth-order valence-corrected chi connectivity index (χ4v) is 1.43. The van der Waals surface area contributed by atoms with E-state index in [9.17, 15) is 5.11 Å². The van der Waals surface area contributed by atoms with Crippen molar-refractivity contribution in [2.24, 2.45) is 0 Å². The molecule has 2 heterocycles. The highest BCUT2D eigenvalue weighted by molar-refractivity contribution is 5.06. The molecule has 0 aliphatic heterocycles. The second kappa shape index (κ2) is 4.09. The highest BCUT2D eigenvalue weighted by atomic mass is 16.4. The molecule has 0 bridgehead atoms. The summed E-state index contributed by atoms with van der Waals surface area (Å²) in [4.78, 5) is 4.27. The Labute approximate surface area is 93.7 Å². The van der Waals surface area contributed by atoms with Crippen LogP contribution in [0, 0.1) is 13.8 Å². The molecule has 5 nitrogen and oxygen atoms in total. The molecule has 0 amide bonds. The lowest BCUT2D eigenvalue weighted by molar-refractivity contribution is 0.193. The van der Waals surface area contributed by atoms with Crippen LogP contribution in [-0.4, -0.2) is 19.9 Å². The van der Waals surface area contributed by atoms with E-state index in [-0.39, 0.29) is 0 Å². The van der Waals surface area contributed by atoms with Crippen molar-refractivity contribution < 1.29 is 9.52 Å². The van der Waals surface area contributed by atoms with E-state index >= 15 is 0 Å². The van der Waals surface area contributed by atoms with Gasteiger partial charge in [-0.1, -0.05) is 0 Å². The van der Waals surface area contributed by atoms with Crippen LogP contribution in [0.25, 0.3) is 0 Å². The molecule has 0 aliphatic carbocycles. The van der Waals surface area contributed by atoms with E-state index in [2.05, 4.69) is 10.1 Å². The van der Waals surface area contributed by atoms with Crippen molar-refractivity contribution in [3.05, 3.63) is 35.3 Å². The topological polar surface area (TPSA) is 64.1 Å². The second-order valence-corrected chi connectivity index (χ2v) is 3.86. The third-order valence-electron chi connectivity index (χ3n) is 2.46. The third kappa shape index (κ3) is 2.14. The van der Waals surface area contributed by atoms with Crippen molar-refractivity contribution in [2.75, 3.05) is 0 Å². The summed E-state index contributed by atoms with van der Waals surface area (Å²) in [5, 5.41) is 13.5. The van der Waals surface area contributed by atoms with Gasteiger partial charge in [0.2, 0.25) is 5.89 Å². The summed E-state index contributed by atoms with van der Waals surface area (Å²) in [6.07, 6.45) is 1.26. The molecule has 1 N–H and O–H groups in total. The highest BCUT2D eigenvalue weighted by Gasteiger charge is 2.09. The summed E-state index contributed by atoms with van der Waals surface area (Å²) >= 11 is 0. The minimum absolute atomic E-state index is 0.488. The van der Waals surface area contributed by atoms with Gasteiger partial charge in [0.05, 0.1) is 17.5 Å². The van der Waals surface area contributed by atoms with E-state index in [1.54, 1.807) is 23.9 Å². The van der Waals surface area contributed by atoms with Gasteiger partial charge in [-0.05, 0) is 26.8 Å². The Bertz CT molecular complexity index is 466. The van der Waals surface area contributed by atoms with E-state index < -0.39 is 6.10 Å². The Morgan fingerprint density at radius 1 is 1.50 bits per heavy atom. The zero-order valence-corrected chi connectivity index (χ0v) is 9.64. The number of nitrogens with zero attached hydrogens (tertiary/aromatic N) is 3. The molecule has 0 fully saturated rings. The minimum Gasteiger partial charge on any atom is -0.444 e. The minimum atomic E-state index is -0.547. The van der Waals surface area contributed by atoms with Crippen LogP contribution in [-0.2, 0) is 6.54 Å². The van der Waals surface area contributed by atoms with Gasteiger partial charge in [-0.3, -0.25) is 4.68 Å². The standard InChI is InChI=1S/C11H15N3O2/c1-7-9(3)16-11(12-7)6-14-5-4-10(13-14)8(2)15/h4-5,8,15H,6H2,1-3H3. The molecule has 2 aromatic heterocycles. The first-order valence-corrected chi connectivity index (χ1v) is 5.20. The van der Waals surface area contributed by atoms with E-state index in [1.165, 1.54) is 0 Å². The summed E-state index contributed by atoms with van der Waals surface area (Å²) in [6.45, 7) is 5.97. The van der Waals surface area contributed by atoms with Crippen molar-refractivity contribution in [3.8, 4) is 0 Å². The zero-order valence-electron chi connectivity index (χ0n) is 9.64. The van der Waals surface area contributed by atoms with E-state index in [1.807, 2.05) is 13.8 Å². The van der Waals surface area contributed by atoms with Gasteiger partial charge in [0.1, 0.15) is 12.3 Å². The molecule has 0 radical (unpaired) electrons. The van der Waals surface area contributed by atoms with Gasteiger partial charge in [-0.15, -0.1) is 0 Å². The van der Waals surface area contributed by atoms with Crippen molar-refractivity contribution in [1.82, 2.24) is 14.8 Å². The van der Waals surface area contributed by atoms with Crippen LogP contribution in [0.4, 0.5) is 0 Å². The van der Waals surface area contributed by atoms with Crippen molar-refractivity contribution in [2.45, 2.75) is 33.4 Å². The largest absolute Gasteiger partial charge is 0.444 e. The van der Waals surface area contributed by atoms with Gasteiger partial charge in [0.15, 0.2) is 0 Å². The fourth-order valence-electron chi connectivity index (χ4n) is 1.43. The first kappa shape index (κ1) is 10.9. The van der Waals surface area contributed by atoms with Gasteiger partial charge in [0, 0.05) is 6.20 Å². The molecule has 16 heavy (non-hydrogen) atoms. The number of aliphatic hydroxyl groups is 1. The molecular weight excluding hydrogens is 206 g/mol. The molecule has 0 spiro atoms. The van der Waals surface area contributed by atoms with Crippen LogP contribution in [0.15, 0.2) is 16.7 Å². The number of aliphatic hydroxyl groups excluding tert-OH is 1. The van der Waals surface area contributed by atoms with E-state index in [0.717, 1.165) is 11.5 Å². The zero-order chi connectivity index (χ0) is 11.7. The summed E-state index contributed by atoms with van der Waals surface area (Å²) in [7, 11) is 0. The third-order valence-corrected chi connectivity index (χ3v) is 2.46. The molecular formula is C11H15N3O2. The maximum Gasteiger partial charge on any atom is 0.216 e. The lowest BCUT2D eigenvalue weighted by Gasteiger charge is -1.98. The molecule has 0 aromatic carbocycles. The Morgan fingerprint density at radius 3 is 2.75 bits per heavy atom. The number of rotatable bonds is 3. The first-order chi connectivity index (χ1) is 7.56. The van der Waals surface area contributed by atoms with Gasteiger partial charge in [-0.2, -0.15) is 5.10 Å². The number of hydrogen-bond acceptors (Lipinski definition) is 4. The molecule has 0 saturated heterocycles. The van der Waals surface area contributed by atoms with Crippen molar-refractivity contribution in [3.63, 3.8) is 0 Å². The number of oxazole rings is 1. The van der Waals surface area contributed by atoms with Gasteiger partial charge in [0.25, 0.3) is 0 Å². The van der Waals surface area contributed by atoms with Crippen molar-refractivity contribution in [1.29, 1.82) is 0 Å². The summed E-state index contributed by atoms with van der Waals surface area (Å²) in [5.74, 6) is 1.47. The van der Waals surface area contributed by atoms with Crippen LogP contribution in [0.5, 0.6) is 0 Å². The maximum absolute atomic E-state index is 9.34. The van der Waals surface area contributed by atoms with Gasteiger partial charge >= 0.3 is 0 Å². The average Bonchev–Trinajstić information content (AvgIpc) is 2.76. The van der Waals surface area contributed by atoms with E-state index in [0.29, 0.717) is 18.1 Å². The van der Waals surface area contributed by atoms with Gasteiger partial charge in [-0.25, -0.2) is 4.98 Å². The van der Waals surface area contributed by atoms with Crippen LogP contribution >= 0.6 is 0 Å². The summed E-state index contributed by atoms with van der Waals surface area (Å²) in [5.41, 5.74) is 1.55. The van der Waals surface area contributed by atoms with Crippen LogP contribution < -0.4 is 0 Å². The summed E-state index contributed by atoms with van der Waals surface area (Å²) in [6, 6.07) is 1.79. The molecule has 2 rings (SSSR count). The predicted molar refractivity (Wildman–Crippen MR) is 57.9 cm³/mol. The second-order valence-electron chi connectivity index (χ2n) is 3.86. The van der Waals surface area contributed by atoms with Crippen LogP contribution in [0.3, 0.4) is 0 Å².